The Kier molecular flexibility index (Phi) is 2.75. The van der Waals surface area contributed by atoms with Crippen LogP contribution in [0.5, 0.6) is 0 Å². The average molecular weight is 265 g/mol. The number of amidine groups is 1. The van der Waals surface area contributed by atoms with Crippen molar-refractivity contribution in [1.82, 2.24) is 10.6 Å². The fourth-order valence-electron chi connectivity index (χ4n) is 3.09. The van der Waals surface area contributed by atoms with Gasteiger partial charge in [-0.2, -0.15) is 0 Å². The second-order valence-corrected chi connectivity index (χ2v) is 5.09. The maximum atomic E-state index is 12.6. The highest BCUT2D eigenvalue weighted by Crippen LogP contribution is 2.36. The van der Waals surface area contributed by atoms with E-state index in [9.17, 15) is 9.70 Å². The summed E-state index contributed by atoms with van der Waals surface area (Å²) < 4.78 is -0.269. The minimum atomic E-state index is -0.381. The molecule has 0 saturated carbocycles. The molecule has 0 spiro atoms. The molecule has 3 aliphatic heterocycles. The lowest BCUT2D eigenvalue weighted by atomic mass is 10.2. The van der Waals surface area contributed by atoms with Gasteiger partial charge in [0.05, 0.1) is 0 Å². The Morgan fingerprint density at radius 3 is 2.95 bits per heavy atom. The Morgan fingerprint density at radius 1 is 1.47 bits per heavy atom. The predicted octanol–water partition coefficient (Wildman–Crippen LogP) is -0.0001000. The number of carbonyl (C=O) groups excluding carboxylic acids is 1. The summed E-state index contributed by atoms with van der Waals surface area (Å²) in [6.07, 6.45) is 1.40. The zero-order chi connectivity index (χ0) is 13.6. The van der Waals surface area contributed by atoms with Crippen LogP contribution in [0.25, 0.3) is 0 Å². The van der Waals surface area contributed by atoms with Crippen molar-refractivity contribution in [3.8, 4) is 0 Å². The highest BCUT2D eigenvalue weighted by Gasteiger charge is 2.68. The molecule has 0 fully saturated rings. The van der Waals surface area contributed by atoms with Crippen LogP contribution in [0.1, 0.15) is 26.7 Å². The van der Waals surface area contributed by atoms with Gasteiger partial charge in [0.1, 0.15) is 13.2 Å². The molecule has 102 valence electrons. The lowest BCUT2D eigenvalue weighted by Crippen LogP contribution is -2.58. The molecule has 7 heteroatoms. The first-order chi connectivity index (χ1) is 9.16. The first-order valence-electron chi connectivity index (χ1n) is 6.83. The summed E-state index contributed by atoms with van der Waals surface area (Å²) in [6.45, 7) is 5.52. The molecule has 2 atom stereocenters. The summed E-state index contributed by atoms with van der Waals surface area (Å²) in [5.74, 6) is 1.06. The van der Waals surface area contributed by atoms with Crippen molar-refractivity contribution in [1.29, 1.82) is 0 Å². The number of hydrogen-bond donors (Lipinski definition) is 2. The number of nitroso groups, excluding NO2 is 1. The molecule has 19 heavy (non-hydrogen) atoms. The highest BCUT2D eigenvalue weighted by atomic mass is 16.4. The molecule has 7 nitrogen and oxygen atoms in total. The maximum Gasteiger partial charge on any atom is 0.389 e. The smallest absolute Gasteiger partial charge is 0.277 e. The number of aliphatic imine (C=N–C) groups is 1. The molecule has 0 radical (unpaired) electrons. The molecule has 0 aromatic heterocycles. The van der Waals surface area contributed by atoms with E-state index < -0.39 is 0 Å². The fourth-order valence-corrected chi connectivity index (χ4v) is 3.09. The predicted molar refractivity (Wildman–Crippen MR) is 68.6 cm³/mol. The number of hydrogen-bond acceptors (Lipinski definition) is 5. The van der Waals surface area contributed by atoms with E-state index in [0.717, 1.165) is 16.9 Å². The standard InChI is InChI=1S/C12H19N5O2/c1-3-5-17-11(15-9(4-2)12(17)18)8-6-13-7-14-10(8)16(17)19/h9,13-14H,3-7H2,1-2H3/q+2. The Balaban J connectivity index is 2.14. The lowest BCUT2D eigenvalue weighted by Gasteiger charge is -2.19. The van der Waals surface area contributed by atoms with E-state index in [0.29, 0.717) is 37.8 Å². The normalized spacial score (nSPS) is 33.2. The molecule has 3 heterocycles. The number of nitrogens with one attached hydrogen (secondary N) is 2. The Labute approximate surface area is 111 Å². The van der Waals surface area contributed by atoms with E-state index in [4.69, 9.17) is 0 Å². The van der Waals surface area contributed by atoms with E-state index in [1.807, 2.05) is 13.8 Å². The first-order valence-corrected chi connectivity index (χ1v) is 6.83. The molecule has 3 rings (SSSR count). The molecule has 0 bridgehead atoms. The third-order valence-corrected chi connectivity index (χ3v) is 3.95. The molecule has 1 amide bonds. The summed E-state index contributed by atoms with van der Waals surface area (Å²) >= 11 is 0. The number of nitrogens with zero attached hydrogens (tertiary/aromatic N) is 3. The number of fused-ring (bicyclic) bond motifs is 2. The van der Waals surface area contributed by atoms with Crippen molar-refractivity contribution < 1.29 is 14.3 Å². The van der Waals surface area contributed by atoms with Crippen molar-refractivity contribution in [2.24, 2.45) is 4.99 Å². The van der Waals surface area contributed by atoms with Gasteiger partial charge in [0.25, 0.3) is 5.84 Å². The Bertz CT molecular complexity index is 524. The first kappa shape index (κ1) is 12.4. The maximum absolute atomic E-state index is 12.6. The van der Waals surface area contributed by atoms with Gasteiger partial charge in [0.15, 0.2) is 16.5 Å². The van der Waals surface area contributed by atoms with Crippen molar-refractivity contribution in [3.05, 3.63) is 16.3 Å². The van der Waals surface area contributed by atoms with Crippen LogP contribution in [-0.4, -0.2) is 47.0 Å². The van der Waals surface area contributed by atoms with E-state index >= 15 is 0 Å². The lowest BCUT2D eigenvalue weighted by molar-refractivity contribution is -1.22. The van der Waals surface area contributed by atoms with E-state index in [2.05, 4.69) is 15.6 Å². The van der Waals surface area contributed by atoms with Crippen LogP contribution in [0.4, 0.5) is 0 Å². The topological polar surface area (TPSA) is 73.6 Å². The van der Waals surface area contributed by atoms with Crippen LogP contribution in [0.15, 0.2) is 16.4 Å². The molecule has 3 aliphatic rings. The molecular weight excluding hydrogens is 246 g/mol. The van der Waals surface area contributed by atoms with Crippen LogP contribution in [-0.2, 0) is 4.79 Å². The van der Waals surface area contributed by atoms with Crippen LogP contribution in [0.3, 0.4) is 0 Å². The van der Waals surface area contributed by atoms with Gasteiger partial charge >= 0.3 is 11.7 Å². The minimum Gasteiger partial charge on any atom is -0.277 e. The Hall–Kier alpha value is -1.60. The minimum absolute atomic E-state index is 0.0921. The van der Waals surface area contributed by atoms with E-state index in [1.54, 1.807) is 0 Å². The second kappa shape index (κ2) is 4.21. The van der Waals surface area contributed by atoms with Crippen molar-refractivity contribution in [2.75, 3.05) is 19.8 Å². The van der Waals surface area contributed by atoms with Crippen molar-refractivity contribution in [3.63, 3.8) is 0 Å². The number of amides is 1. The fraction of sp³-hybridized carbons (Fsp3) is 0.667. The second-order valence-electron chi connectivity index (χ2n) is 5.09. The molecule has 0 aromatic rings. The third kappa shape index (κ3) is 1.39. The van der Waals surface area contributed by atoms with Crippen LogP contribution in [0.2, 0.25) is 0 Å². The van der Waals surface area contributed by atoms with Crippen molar-refractivity contribution in [2.45, 2.75) is 32.7 Å². The van der Waals surface area contributed by atoms with Crippen LogP contribution >= 0.6 is 0 Å². The summed E-state index contributed by atoms with van der Waals surface area (Å²) in [4.78, 5) is 30.6. The largest absolute Gasteiger partial charge is 0.389 e. The van der Waals surface area contributed by atoms with Gasteiger partial charge in [-0.25, -0.2) is 9.79 Å². The Morgan fingerprint density at radius 2 is 2.26 bits per heavy atom. The number of carbonyl (C=O) groups is 1. The molecular formula is C12H19N5O2+2. The van der Waals surface area contributed by atoms with Crippen molar-refractivity contribution >= 4 is 11.7 Å². The molecule has 2 N–H and O–H groups in total. The summed E-state index contributed by atoms with van der Waals surface area (Å²) in [5, 5.41) is 6.19. The van der Waals surface area contributed by atoms with Gasteiger partial charge in [0.2, 0.25) is 0 Å². The molecule has 0 aromatic carbocycles. The number of quaternary nitrogens is 1. The summed E-state index contributed by atoms with van der Waals surface area (Å²) in [7, 11) is 0. The van der Waals surface area contributed by atoms with E-state index in [-0.39, 0.29) is 16.5 Å². The summed E-state index contributed by atoms with van der Waals surface area (Å²) in [5.41, 5.74) is 0.846. The van der Waals surface area contributed by atoms with Gasteiger partial charge in [-0.05, 0) is 22.3 Å². The zero-order valence-corrected chi connectivity index (χ0v) is 11.3. The SMILES string of the molecule is CCC[N+]12C(=O)C(CC)N=C1C1=C(NCNC1)[N+]2=O. The van der Waals surface area contributed by atoms with Crippen LogP contribution in [0, 0.1) is 4.91 Å². The summed E-state index contributed by atoms with van der Waals surface area (Å²) in [6, 6.07) is -0.381. The average Bonchev–Trinajstić information content (AvgIpc) is 2.84. The van der Waals surface area contributed by atoms with E-state index in [1.165, 1.54) is 0 Å². The molecule has 2 unspecified atom stereocenters. The molecule has 0 aliphatic carbocycles. The van der Waals surface area contributed by atoms with Gasteiger partial charge in [-0.1, -0.05) is 13.8 Å². The quantitative estimate of drug-likeness (QED) is 0.556. The van der Waals surface area contributed by atoms with Gasteiger partial charge in [0, 0.05) is 6.54 Å². The molecule has 0 saturated heterocycles. The van der Waals surface area contributed by atoms with Crippen LogP contribution < -0.4 is 10.6 Å². The zero-order valence-electron chi connectivity index (χ0n) is 11.3. The van der Waals surface area contributed by atoms with Gasteiger partial charge in [-0.15, -0.1) is 0 Å². The monoisotopic (exact) mass is 265 g/mol. The van der Waals surface area contributed by atoms with Gasteiger partial charge in [-0.3, -0.25) is 10.6 Å². The van der Waals surface area contributed by atoms with Gasteiger partial charge < -0.3 is 0 Å². The third-order valence-electron chi connectivity index (χ3n) is 3.95. The highest BCUT2D eigenvalue weighted by molar-refractivity contribution is 6.05. The number of rotatable bonds is 3.